The van der Waals surface area contributed by atoms with Crippen LogP contribution in [0.1, 0.15) is 23.2 Å². The lowest BCUT2D eigenvalue weighted by molar-refractivity contribution is -0.210. The van der Waals surface area contributed by atoms with Gasteiger partial charge >= 0.3 is 18.0 Å². The SMILES string of the molecule is O=C(c1ccc(OC(F)(F)C(=O)O)cc1)C1C2CC3OC(=O)C1C3C2. The van der Waals surface area contributed by atoms with Crippen LogP contribution in [0.15, 0.2) is 24.3 Å². The zero-order chi connectivity index (χ0) is 17.9. The van der Waals surface area contributed by atoms with E-state index >= 15 is 0 Å². The smallest absolute Gasteiger partial charge is 0.474 e. The van der Waals surface area contributed by atoms with Crippen LogP contribution in [0.2, 0.25) is 0 Å². The molecule has 2 aliphatic carbocycles. The van der Waals surface area contributed by atoms with Gasteiger partial charge in [-0.15, -0.1) is 0 Å². The number of hydrogen-bond donors (Lipinski definition) is 1. The number of halogens is 2. The van der Waals surface area contributed by atoms with Crippen LogP contribution < -0.4 is 4.74 Å². The number of benzene rings is 1. The van der Waals surface area contributed by atoms with Crippen molar-refractivity contribution in [1.29, 1.82) is 0 Å². The van der Waals surface area contributed by atoms with Gasteiger partial charge in [-0.3, -0.25) is 9.59 Å². The number of aliphatic carboxylic acids is 1. The molecule has 1 aromatic carbocycles. The van der Waals surface area contributed by atoms with Crippen molar-refractivity contribution < 1.29 is 37.7 Å². The molecule has 1 heterocycles. The summed E-state index contributed by atoms with van der Waals surface area (Å²) >= 11 is 0. The van der Waals surface area contributed by atoms with Gasteiger partial charge in [0.2, 0.25) is 0 Å². The maximum Gasteiger partial charge on any atom is 0.501 e. The molecular formula is C17H14F2O6. The summed E-state index contributed by atoms with van der Waals surface area (Å²) in [5.74, 6) is -3.96. The number of esters is 1. The highest BCUT2D eigenvalue weighted by Gasteiger charge is 2.63. The van der Waals surface area contributed by atoms with Gasteiger partial charge in [0.05, 0.1) is 5.92 Å². The molecule has 3 aliphatic rings. The van der Waals surface area contributed by atoms with Crippen LogP contribution in [0.25, 0.3) is 0 Å². The summed E-state index contributed by atoms with van der Waals surface area (Å²) in [6, 6.07) is 4.85. The zero-order valence-corrected chi connectivity index (χ0v) is 12.9. The third kappa shape index (κ3) is 2.39. The largest absolute Gasteiger partial charge is 0.501 e. The summed E-state index contributed by atoms with van der Waals surface area (Å²) in [6.07, 6.45) is -2.93. The number of carbonyl (C=O) groups excluding carboxylic acids is 2. The number of carbonyl (C=O) groups is 3. The first-order chi connectivity index (χ1) is 11.8. The number of ketones is 1. The number of carboxylic acid groups (broad SMARTS) is 1. The Hall–Kier alpha value is -2.51. The molecule has 5 atom stereocenters. The fourth-order valence-electron chi connectivity index (χ4n) is 4.43. The van der Waals surface area contributed by atoms with Crippen molar-refractivity contribution >= 4 is 17.7 Å². The second kappa shape index (κ2) is 5.24. The minimum absolute atomic E-state index is 0.0689. The summed E-state index contributed by atoms with van der Waals surface area (Å²) in [5.41, 5.74) is 0.278. The Morgan fingerprint density at radius 2 is 1.88 bits per heavy atom. The van der Waals surface area contributed by atoms with E-state index in [-0.39, 0.29) is 41.0 Å². The van der Waals surface area contributed by atoms with Gasteiger partial charge in [-0.25, -0.2) is 4.79 Å². The van der Waals surface area contributed by atoms with Crippen LogP contribution in [0.3, 0.4) is 0 Å². The molecule has 25 heavy (non-hydrogen) atoms. The topological polar surface area (TPSA) is 89.9 Å². The van der Waals surface area contributed by atoms with Crippen molar-refractivity contribution in [3.63, 3.8) is 0 Å². The van der Waals surface area contributed by atoms with Crippen LogP contribution in [-0.2, 0) is 14.3 Å². The summed E-state index contributed by atoms with van der Waals surface area (Å²) < 4.78 is 35.5. The van der Waals surface area contributed by atoms with Gasteiger partial charge in [-0.1, -0.05) is 0 Å². The Bertz CT molecular complexity index is 757. The fraction of sp³-hybridized carbons (Fsp3) is 0.471. The predicted octanol–water partition coefficient (Wildman–Crippen LogP) is 2.12. The quantitative estimate of drug-likeness (QED) is 0.645. The number of alkyl halides is 2. The minimum Gasteiger partial charge on any atom is -0.474 e. The number of rotatable bonds is 5. The fourth-order valence-corrected chi connectivity index (χ4v) is 4.43. The maximum absolute atomic E-state index is 13.0. The summed E-state index contributed by atoms with van der Waals surface area (Å²) in [4.78, 5) is 35.1. The van der Waals surface area contributed by atoms with Crippen LogP contribution in [0, 0.1) is 23.7 Å². The van der Waals surface area contributed by atoms with Gasteiger partial charge in [-0.2, -0.15) is 8.78 Å². The van der Waals surface area contributed by atoms with E-state index in [0.717, 1.165) is 18.6 Å². The number of carboxylic acids is 1. The normalized spacial score (nSPS) is 32.6. The van der Waals surface area contributed by atoms with Gasteiger partial charge in [0, 0.05) is 17.4 Å². The molecule has 5 unspecified atom stereocenters. The number of ether oxygens (including phenoxy) is 2. The van der Waals surface area contributed by atoms with E-state index in [1.54, 1.807) is 0 Å². The first kappa shape index (κ1) is 16.0. The van der Waals surface area contributed by atoms with Gasteiger partial charge in [0.1, 0.15) is 11.9 Å². The van der Waals surface area contributed by atoms with Crippen molar-refractivity contribution in [2.45, 2.75) is 25.1 Å². The van der Waals surface area contributed by atoms with Gasteiger partial charge in [-0.05, 0) is 43.0 Å². The van der Waals surface area contributed by atoms with Crippen LogP contribution in [0.5, 0.6) is 5.75 Å². The number of Topliss-reactive ketones (excluding diaryl/α,β-unsaturated/α-hetero) is 1. The lowest BCUT2D eigenvalue weighted by Gasteiger charge is -2.23. The monoisotopic (exact) mass is 352 g/mol. The molecule has 1 saturated heterocycles. The molecule has 1 aliphatic heterocycles. The van der Waals surface area contributed by atoms with Crippen LogP contribution in [0.4, 0.5) is 8.78 Å². The molecule has 0 amide bonds. The van der Waals surface area contributed by atoms with E-state index in [4.69, 9.17) is 9.84 Å². The Labute approximate surface area is 140 Å². The minimum atomic E-state index is -4.35. The molecule has 6 nitrogen and oxygen atoms in total. The third-order valence-electron chi connectivity index (χ3n) is 5.42. The predicted molar refractivity (Wildman–Crippen MR) is 77.1 cm³/mol. The molecule has 0 radical (unpaired) electrons. The number of hydrogen-bond acceptors (Lipinski definition) is 5. The van der Waals surface area contributed by atoms with Gasteiger partial charge in [0.15, 0.2) is 5.78 Å². The lowest BCUT2D eigenvalue weighted by Crippen LogP contribution is -2.34. The molecule has 8 heteroatoms. The highest BCUT2D eigenvalue weighted by molar-refractivity contribution is 6.01. The Kier molecular flexibility index (Phi) is 3.35. The first-order valence-corrected chi connectivity index (χ1v) is 7.93. The summed E-state index contributed by atoms with van der Waals surface area (Å²) in [6.45, 7) is 0. The molecule has 2 saturated carbocycles. The van der Waals surface area contributed by atoms with Crippen molar-refractivity contribution in [2.24, 2.45) is 23.7 Å². The number of fused-ring (bicyclic) bond motifs is 1. The maximum atomic E-state index is 13.0. The van der Waals surface area contributed by atoms with Crippen molar-refractivity contribution in [1.82, 2.24) is 0 Å². The van der Waals surface area contributed by atoms with E-state index in [9.17, 15) is 23.2 Å². The second-order valence-corrected chi connectivity index (χ2v) is 6.73. The highest BCUT2D eigenvalue weighted by Crippen LogP contribution is 2.58. The molecule has 0 aromatic heterocycles. The second-order valence-electron chi connectivity index (χ2n) is 6.73. The van der Waals surface area contributed by atoms with E-state index in [1.807, 2.05) is 0 Å². The molecular weight excluding hydrogens is 338 g/mol. The zero-order valence-electron chi connectivity index (χ0n) is 12.9. The standard InChI is InChI=1S/C17H14F2O6/c18-17(19,16(22)23)25-9-3-1-7(2-4-9)14(20)12-8-5-10-11(6-8)24-15(21)13(10)12/h1-4,8,10-13H,5-6H2,(H,22,23). The van der Waals surface area contributed by atoms with Crippen molar-refractivity contribution in [2.75, 3.05) is 0 Å². The molecule has 2 bridgehead atoms. The van der Waals surface area contributed by atoms with E-state index in [2.05, 4.69) is 4.74 Å². The molecule has 1 aromatic rings. The summed E-state index contributed by atoms with van der Waals surface area (Å²) in [7, 11) is 0. The van der Waals surface area contributed by atoms with Crippen molar-refractivity contribution in [3.8, 4) is 5.75 Å². The first-order valence-electron chi connectivity index (χ1n) is 7.93. The Balaban J connectivity index is 1.52. The third-order valence-corrected chi connectivity index (χ3v) is 5.42. The lowest BCUT2D eigenvalue weighted by atomic mass is 9.76. The molecule has 4 rings (SSSR count). The van der Waals surface area contributed by atoms with Crippen molar-refractivity contribution in [3.05, 3.63) is 29.8 Å². The highest BCUT2D eigenvalue weighted by atomic mass is 19.3. The van der Waals surface area contributed by atoms with E-state index in [1.165, 1.54) is 12.1 Å². The molecule has 3 fully saturated rings. The molecule has 0 spiro atoms. The van der Waals surface area contributed by atoms with Gasteiger partial charge in [0.25, 0.3) is 0 Å². The molecule has 1 N–H and O–H groups in total. The average Bonchev–Trinajstić information content (AvgIpc) is 3.16. The average molecular weight is 352 g/mol. The van der Waals surface area contributed by atoms with Crippen LogP contribution in [-0.4, -0.2) is 35.0 Å². The summed E-state index contributed by atoms with van der Waals surface area (Å²) in [5, 5.41) is 8.36. The van der Waals surface area contributed by atoms with Crippen LogP contribution >= 0.6 is 0 Å². The van der Waals surface area contributed by atoms with E-state index < -0.39 is 23.9 Å². The van der Waals surface area contributed by atoms with E-state index in [0.29, 0.717) is 6.42 Å². The Morgan fingerprint density at radius 1 is 1.20 bits per heavy atom. The Morgan fingerprint density at radius 3 is 2.52 bits per heavy atom. The molecule has 132 valence electrons. The van der Waals surface area contributed by atoms with Gasteiger partial charge < -0.3 is 14.6 Å².